The average molecular weight is 240 g/mol. The summed E-state index contributed by atoms with van der Waals surface area (Å²) in [6.45, 7) is 0. The van der Waals surface area contributed by atoms with Crippen molar-refractivity contribution in [2.45, 2.75) is 44.4 Å². The Kier molecular flexibility index (Phi) is 2.22. The number of hydrogen-bond acceptors (Lipinski definition) is 3. The predicted octanol–water partition coefficient (Wildman–Crippen LogP) is 3.04. The van der Waals surface area contributed by atoms with Crippen molar-refractivity contribution in [1.29, 1.82) is 0 Å². The summed E-state index contributed by atoms with van der Waals surface area (Å²) in [5, 5.41) is 0. The Hall–Kier alpha value is -1.71. The topological polar surface area (TPSA) is 42.5 Å². The second-order valence-corrected chi connectivity index (χ2v) is 5.29. The zero-order valence-corrected chi connectivity index (χ0v) is 10.3. The second kappa shape index (κ2) is 3.90. The summed E-state index contributed by atoms with van der Waals surface area (Å²) in [5.74, 6) is 0.639. The molecule has 2 aromatic heterocycles. The number of imidazole rings is 1. The van der Waals surface area contributed by atoms with Crippen LogP contribution in [0.4, 0.5) is 5.69 Å². The Bertz CT molecular complexity index is 620. The highest BCUT2D eigenvalue weighted by molar-refractivity contribution is 5.81. The largest absolute Gasteiger partial charge is 0.288 e. The molecule has 2 aliphatic rings. The van der Waals surface area contributed by atoms with Crippen LogP contribution in [-0.2, 0) is 6.42 Å². The molecule has 2 aromatic rings. The summed E-state index contributed by atoms with van der Waals surface area (Å²) < 4.78 is 2.03. The zero-order valence-electron chi connectivity index (χ0n) is 10.3. The van der Waals surface area contributed by atoms with Gasteiger partial charge >= 0.3 is 0 Å². The van der Waals surface area contributed by atoms with E-state index in [0.29, 0.717) is 5.92 Å². The maximum Gasteiger partial charge on any atom is 0.166 e. The maximum absolute atomic E-state index is 4.82. The molecule has 0 spiro atoms. The van der Waals surface area contributed by atoms with Crippen molar-refractivity contribution in [2.24, 2.45) is 4.99 Å². The summed E-state index contributed by atoms with van der Waals surface area (Å²) in [6, 6.07) is 0. The van der Waals surface area contributed by atoms with E-state index < -0.39 is 0 Å². The number of hydrogen-bond donors (Lipinski definition) is 0. The van der Waals surface area contributed by atoms with E-state index >= 15 is 0 Å². The van der Waals surface area contributed by atoms with Gasteiger partial charge in [0.15, 0.2) is 5.65 Å². The number of aromatic nitrogens is 3. The molecular weight excluding hydrogens is 224 g/mol. The van der Waals surface area contributed by atoms with Crippen LogP contribution in [0.3, 0.4) is 0 Å². The van der Waals surface area contributed by atoms with Crippen molar-refractivity contribution in [1.82, 2.24) is 14.4 Å². The summed E-state index contributed by atoms with van der Waals surface area (Å²) in [7, 11) is 0. The van der Waals surface area contributed by atoms with Gasteiger partial charge in [0.25, 0.3) is 0 Å². The first-order valence-corrected chi connectivity index (χ1v) is 6.81. The zero-order chi connectivity index (χ0) is 11.9. The molecule has 1 fully saturated rings. The normalized spacial score (nSPS) is 19.6. The summed E-state index contributed by atoms with van der Waals surface area (Å²) in [6.07, 6.45) is 13.4. The van der Waals surface area contributed by atoms with E-state index in [-0.39, 0.29) is 0 Å². The highest BCUT2D eigenvalue weighted by Gasteiger charge is 2.21. The molecule has 4 heteroatoms. The molecule has 0 amide bonds. The molecule has 0 N–H and O–H groups in total. The Morgan fingerprint density at radius 2 is 2.06 bits per heavy atom. The standard InChI is InChI=1S/C14H16N4/c1-2-4-10(5-3-1)12-8-18-9-16-11-6-7-15-13(11)14(18)17-12/h7-10H,1-6H2. The average Bonchev–Trinajstić information content (AvgIpc) is 3.05. The van der Waals surface area contributed by atoms with Crippen LogP contribution < -0.4 is 0 Å². The number of rotatable bonds is 1. The van der Waals surface area contributed by atoms with Crippen LogP contribution in [0.25, 0.3) is 5.65 Å². The minimum absolute atomic E-state index is 0.639. The van der Waals surface area contributed by atoms with E-state index in [0.717, 1.165) is 23.4 Å². The Balaban J connectivity index is 1.81. The molecule has 4 rings (SSSR count). The van der Waals surface area contributed by atoms with E-state index in [9.17, 15) is 0 Å². The molecule has 1 aliphatic heterocycles. The van der Waals surface area contributed by atoms with Gasteiger partial charge < -0.3 is 0 Å². The van der Waals surface area contributed by atoms with Gasteiger partial charge in [-0.3, -0.25) is 9.39 Å². The van der Waals surface area contributed by atoms with Crippen molar-refractivity contribution in [2.75, 3.05) is 0 Å². The van der Waals surface area contributed by atoms with Gasteiger partial charge in [-0.05, 0) is 12.8 Å². The first kappa shape index (κ1) is 10.2. The Morgan fingerprint density at radius 1 is 1.17 bits per heavy atom. The Morgan fingerprint density at radius 3 is 2.94 bits per heavy atom. The summed E-state index contributed by atoms with van der Waals surface area (Å²) >= 11 is 0. The fourth-order valence-electron chi connectivity index (χ4n) is 3.10. The van der Waals surface area contributed by atoms with Gasteiger partial charge in [-0.15, -0.1) is 0 Å². The van der Waals surface area contributed by atoms with Crippen LogP contribution in [0.1, 0.15) is 49.4 Å². The highest BCUT2D eigenvalue weighted by Crippen LogP contribution is 2.34. The van der Waals surface area contributed by atoms with Gasteiger partial charge in [0.05, 0.1) is 11.4 Å². The van der Waals surface area contributed by atoms with Crippen LogP contribution in [0.2, 0.25) is 0 Å². The lowest BCUT2D eigenvalue weighted by molar-refractivity contribution is 0.438. The third-order valence-electron chi connectivity index (χ3n) is 4.10. The molecule has 0 aromatic carbocycles. The fraction of sp³-hybridized carbons (Fsp3) is 0.500. The number of fused-ring (bicyclic) bond motifs is 3. The van der Waals surface area contributed by atoms with Crippen LogP contribution in [0.15, 0.2) is 17.5 Å². The SMILES string of the molecule is C1=Nc2c(ncn3cc(C4CCCCC4)nc23)C1. The van der Waals surface area contributed by atoms with Crippen LogP contribution in [0.5, 0.6) is 0 Å². The van der Waals surface area contributed by atoms with Crippen LogP contribution in [0, 0.1) is 0 Å². The maximum atomic E-state index is 4.82. The molecular formula is C14H16N4. The van der Waals surface area contributed by atoms with E-state index in [2.05, 4.69) is 16.2 Å². The van der Waals surface area contributed by atoms with Gasteiger partial charge in [0.1, 0.15) is 12.0 Å². The quantitative estimate of drug-likeness (QED) is 0.769. The molecule has 0 radical (unpaired) electrons. The van der Waals surface area contributed by atoms with Gasteiger partial charge in [0.2, 0.25) is 0 Å². The van der Waals surface area contributed by atoms with Crippen molar-refractivity contribution in [3.05, 3.63) is 23.9 Å². The first-order valence-electron chi connectivity index (χ1n) is 6.81. The lowest BCUT2D eigenvalue weighted by Gasteiger charge is -2.19. The molecule has 0 atom stereocenters. The third kappa shape index (κ3) is 1.48. The molecule has 0 saturated heterocycles. The van der Waals surface area contributed by atoms with Crippen LogP contribution in [-0.4, -0.2) is 20.6 Å². The van der Waals surface area contributed by atoms with E-state index in [1.54, 1.807) is 0 Å². The molecule has 92 valence electrons. The highest BCUT2D eigenvalue weighted by atomic mass is 15.1. The summed E-state index contributed by atoms with van der Waals surface area (Å²) in [5.41, 5.74) is 4.24. The van der Waals surface area contributed by atoms with Crippen molar-refractivity contribution in [3.63, 3.8) is 0 Å². The monoisotopic (exact) mass is 240 g/mol. The fourth-order valence-corrected chi connectivity index (χ4v) is 3.10. The minimum Gasteiger partial charge on any atom is -0.288 e. The molecule has 0 bridgehead atoms. The molecule has 18 heavy (non-hydrogen) atoms. The van der Waals surface area contributed by atoms with Crippen molar-refractivity contribution in [3.8, 4) is 0 Å². The lowest BCUT2D eigenvalue weighted by atomic mass is 9.87. The van der Waals surface area contributed by atoms with E-state index in [1.807, 2.05) is 16.9 Å². The minimum atomic E-state index is 0.639. The van der Waals surface area contributed by atoms with Gasteiger partial charge in [-0.25, -0.2) is 9.97 Å². The lowest BCUT2D eigenvalue weighted by Crippen LogP contribution is -2.04. The second-order valence-electron chi connectivity index (χ2n) is 5.29. The number of aliphatic imine (C=N–C) groups is 1. The molecule has 4 nitrogen and oxygen atoms in total. The predicted molar refractivity (Wildman–Crippen MR) is 70.7 cm³/mol. The van der Waals surface area contributed by atoms with Gasteiger partial charge in [0, 0.05) is 24.8 Å². The molecule has 3 heterocycles. The first-order chi connectivity index (χ1) is 8.92. The third-order valence-corrected chi connectivity index (χ3v) is 4.10. The van der Waals surface area contributed by atoms with Crippen LogP contribution >= 0.6 is 0 Å². The van der Waals surface area contributed by atoms with Gasteiger partial charge in [-0.2, -0.15) is 0 Å². The molecule has 0 unspecified atom stereocenters. The molecule has 1 saturated carbocycles. The van der Waals surface area contributed by atoms with Crippen molar-refractivity contribution < 1.29 is 0 Å². The van der Waals surface area contributed by atoms with Gasteiger partial charge in [-0.1, -0.05) is 19.3 Å². The Labute approximate surface area is 106 Å². The molecule has 1 aliphatic carbocycles. The van der Waals surface area contributed by atoms with E-state index in [1.165, 1.54) is 37.8 Å². The van der Waals surface area contributed by atoms with E-state index in [4.69, 9.17) is 4.98 Å². The summed E-state index contributed by atoms with van der Waals surface area (Å²) in [4.78, 5) is 13.7. The number of nitrogens with zero attached hydrogens (tertiary/aromatic N) is 4. The smallest absolute Gasteiger partial charge is 0.166 e. The van der Waals surface area contributed by atoms with Crippen molar-refractivity contribution >= 4 is 17.5 Å².